The Morgan fingerprint density at radius 1 is 1.33 bits per heavy atom. The van der Waals surface area contributed by atoms with Crippen molar-refractivity contribution in [2.75, 3.05) is 13.0 Å². The van der Waals surface area contributed by atoms with Crippen molar-refractivity contribution in [2.24, 2.45) is 0 Å². The standard InChI is InChI=1S/C12H15ClO2/c1-8-4-10(6-11(14)7-13)12(15-3)5-9(8)2/h4-5H,6-7H2,1-3H3. The summed E-state index contributed by atoms with van der Waals surface area (Å²) in [6, 6.07) is 3.94. The van der Waals surface area contributed by atoms with E-state index in [1.54, 1.807) is 7.11 Å². The SMILES string of the molecule is COc1cc(C)c(C)cc1CC(=O)CCl. The number of methoxy groups -OCH3 is 1. The molecule has 0 aromatic heterocycles. The molecule has 0 spiro atoms. The molecule has 82 valence electrons. The largest absolute Gasteiger partial charge is 0.496 e. The van der Waals surface area contributed by atoms with Crippen LogP contribution in [0.1, 0.15) is 16.7 Å². The molecule has 0 aliphatic carbocycles. The van der Waals surface area contributed by atoms with E-state index in [4.69, 9.17) is 16.3 Å². The van der Waals surface area contributed by atoms with E-state index in [0.29, 0.717) is 6.42 Å². The Bertz CT molecular complexity index is 372. The second kappa shape index (κ2) is 5.17. The molecule has 3 heteroatoms. The zero-order valence-electron chi connectivity index (χ0n) is 9.26. The summed E-state index contributed by atoms with van der Waals surface area (Å²) in [4.78, 5) is 11.3. The number of Topliss-reactive ketones (excluding diaryl/α,β-unsaturated/α-hetero) is 1. The maximum atomic E-state index is 11.3. The third kappa shape index (κ3) is 2.96. The molecule has 1 aromatic rings. The maximum absolute atomic E-state index is 11.3. The van der Waals surface area contributed by atoms with Crippen molar-refractivity contribution in [1.82, 2.24) is 0 Å². The molecule has 2 nitrogen and oxygen atoms in total. The lowest BCUT2D eigenvalue weighted by Gasteiger charge is -2.10. The van der Waals surface area contributed by atoms with Gasteiger partial charge in [-0.15, -0.1) is 11.6 Å². The third-order valence-corrected chi connectivity index (χ3v) is 2.73. The fourth-order valence-electron chi connectivity index (χ4n) is 1.44. The van der Waals surface area contributed by atoms with Crippen LogP contribution in [0, 0.1) is 13.8 Å². The first kappa shape index (κ1) is 12.1. The number of halogens is 1. The van der Waals surface area contributed by atoms with Gasteiger partial charge < -0.3 is 4.74 Å². The van der Waals surface area contributed by atoms with Gasteiger partial charge in [-0.3, -0.25) is 4.79 Å². The number of alkyl halides is 1. The summed E-state index contributed by atoms with van der Waals surface area (Å²) in [5.41, 5.74) is 3.23. The lowest BCUT2D eigenvalue weighted by Crippen LogP contribution is -2.06. The monoisotopic (exact) mass is 226 g/mol. The Kier molecular flexibility index (Phi) is 4.15. The summed E-state index contributed by atoms with van der Waals surface area (Å²) < 4.78 is 5.23. The fraction of sp³-hybridized carbons (Fsp3) is 0.417. The lowest BCUT2D eigenvalue weighted by atomic mass is 10.0. The van der Waals surface area contributed by atoms with E-state index in [9.17, 15) is 4.79 Å². The normalized spacial score (nSPS) is 10.1. The average molecular weight is 227 g/mol. The van der Waals surface area contributed by atoms with Gasteiger partial charge >= 0.3 is 0 Å². The van der Waals surface area contributed by atoms with Gasteiger partial charge in [0.15, 0.2) is 5.78 Å². The first-order valence-corrected chi connectivity index (χ1v) is 5.33. The number of benzene rings is 1. The second-order valence-corrected chi connectivity index (χ2v) is 3.86. The molecule has 0 atom stereocenters. The number of ether oxygens (including phenoxy) is 1. The van der Waals surface area contributed by atoms with Gasteiger partial charge in [-0.25, -0.2) is 0 Å². The van der Waals surface area contributed by atoms with Crippen LogP contribution in [0.15, 0.2) is 12.1 Å². The van der Waals surface area contributed by atoms with E-state index in [0.717, 1.165) is 22.4 Å². The first-order valence-electron chi connectivity index (χ1n) is 4.80. The Balaban J connectivity index is 3.05. The summed E-state index contributed by atoms with van der Waals surface area (Å²) in [5.74, 6) is 0.825. The van der Waals surface area contributed by atoms with Crippen molar-refractivity contribution >= 4 is 17.4 Å². The fourth-order valence-corrected chi connectivity index (χ4v) is 1.53. The van der Waals surface area contributed by atoms with Crippen LogP contribution in [-0.4, -0.2) is 18.8 Å². The molecule has 0 N–H and O–H groups in total. The van der Waals surface area contributed by atoms with E-state index >= 15 is 0 Å². The van der Waals surface area contributed by atoms with Crippen LogP contribution in [0.2, 0.25) is 0 Å². The zero-order chi connectivity index (χ0) is 11.4. The predicted molar refractivity (Wildman–Crippen MR) is 61.9 cm³/mol. The Hall–Kier alpha value is -1.02. The summed E-state index contributed by atoms with van der Waals surface area (Å²) in [7, 11) is 1.61. The minimum absolute atomic E-state index is 0.0122. The number of rotatable bonds is 4. The molecular formula is C12H15ClO2. The van der Waals surface area contributed by atoms with Gasteiger partial charge in [-0.05, 0) is 31.0 Å². The highest BCUT2D eigenvalue weighted by molar-refractivity contribution is 6.27. The van der Waals surface area contributed by atoms with Crippen molar-refractivity contribution in [3.8, 4) is 5.75 Å². The van der Waals surface area contributed by atoms with Crippen LogP contribution in [0.5, 0.6) is 5.75 Å². The smallest absolute Gasteiger partial charge is 0.152 e. The molecule has 0 bridgehead atoms. The van der Waals surface area contributed by atoms with E-state index in [2.05, 4.69) is 0 Å². The summed E-state index contributed by atoms with van der Waals surface area (Å²) in [6.45, 7) is 4.04. The predicted octanol–water partition coefficient (Wildman–Crippen LogP) is 2.66. The number of ketones is 1. The topological polar surface area (TPSA) is 26.3 Å². The molecule has 0 amide bonds. The van der Waals surface area contributed by atoms with E-state index in [-0.39, 0.29) is 11.7 Å². The Morgan fingerprint density at radius 3 is 2.47 bits per heavy atom. The van der Waals surface area contributed by atoms with Gasteiger partial charge in [-0.2, -0.15) is 0 Å². The molecule has 0 saturated heterocycles. The molecule has 0 fully saturated rings. The molecule has 0 saturated carbocycles. The van der Waals surface area contributed by atoms with Crippen molar-refractivity contribution in [1.29, 1.82) is 0 Å². The molecule has 1 aromatic carbocycles. The van der Waals surface area contributed by atoms with Crippen LogP contribution in [0.4, 0.5) is 0 Å². The van der Waals surface area contributed by atoms with Crippen LogP contribution in [0.3, 0.4) is 0 Å². The minimum atomic E-state index is 0.0122. The molecule has 0 heterocycles. The van der Waals surface area contributed by atoms with Crippen LogP contribution < -0.4 is 4.74 Å². The molecule has 0 unspecified atom stereocenters. The van der Waals surface area contributed by atoms with E-state index in [1.165, 1.54) is 0 Å². The highest BCUT2D eigenvalue weighted by atomic mass is 35.5. The molecular weight excluding hydrogens is 212 g/mol. The molecule has 15 heavy (non-hydrogen) atoms. The van der Waals surface area contributed by atoms with Crippen LogP contribution in [-0.2, 0) is 11.2 Å². The van der Waals surface area contributed by atoms with E-state index < -0.39 is 0 Å². The Labute approximate surface area is 95.2 Å². The van der Waals surface area contributed by atoms with Gasteiger partial charge in [-0.1, -0.05) is 6.07 Å². The van der Waals surface area contributed by atoms with Gasteiger partial charge in [0, 0.05) is 12.0 Å². The third-order valence-electron chi connectivity index (χ3n) is 2.43. The summed E-state index contributed by atoms with van der Waals surface area (Å²) in [5, 5.41) is 0. The zero-order valence-corrected chi connectivity index (χ0v) is 10.0. The average Bonchev–Trinajstić information content (AvgIpc) is 2.22. The lowest BCUT2D eigenvalue weighted by molar-refractivity contribution is -0.116. The highest BCUT2D eigenvalue weighted by Crippen LogP contribution is 2.23. The Morgan fingerprint density at radius 2 is 1.93 bits per heavy atom. The number of carbonyl (C=O) groups is 1. The van der Waals surface area contributed by atoms with Crippen molar-refractivity contribution in [2.45, 2.75) is 20.3 Å². The minimum Gasteiger partial charge on any atom is -0.496 e. The molecule has 1 rings (SSSR count). The number of hydrogen-bond donors (Lipinski definition) is 0. The first-order chi connectivity index (χ1) is 7.08. The van der Waals surface area contributed by atoms with Gasteiger partial charge in [0.25, 0.3) is 0 Å². The van der Waals surface area contributed by atoms with Gasteiger partial charge in [0.05, 0.1) is 13.0 Å². The molecule has 0 aliphatic heterocycles. The number of carbonyl (C=O) groups excluding carboxylic acids is 1. The maximum Gasteiger partial charge on any atom is 0.152 e. The van der Waals surface area contributed by atoms with Crippen LogP contribution >= 0.6 is 11.6 Å². The van der Waals surface area contributed by atoms with Crippen LogP contribution in [0.25, 0.3) is 0 Å². The number of aryl methyl sites for hydroxylation is 2. The second-order valence-electron chi connectivity index (χ2n) is 3.60. The van der Waals surface area contributed by atoms with Gasteiger partial charge in [0.2, 0.25) is 0 Å². The highest BCUT2D eigenvalue weighted by Gasteiger charge is 2.09. The van der Waals surface area contributed by atoms with Gasteiger partial charge in [0.1, 0.15) is 5.75 Å². The number of hydrogen-bond acceptors (Lipinski definition) is 2. The van der Waals surface area contributed by atoms with Crippen molar-refractivity contribution in [3.63, 3.8) is 0 Å². The molecule has 0 aliphatic rings. The quantitative estimate of drug-likeness (QED) is 0.738. The van der Waals surface area contributed by atoms with Crippen molar-refractivity contribution in [3.05, 3.63) is 28.8 Å². The molecule has 0 radical (unpaired) electrons. The van der Waals surface area contributed by atoms with E-state index in [1.807, 2.05) is 26.0 Å². The summed E-state index contributed by atoms with van der Waals surface area (Å²) in [6.07, 6.45) is 0.341. The summed E-state index contributed by atoms with van der Waals surface area (Å²) >= 11 is 5.48. The van der Waals surface area contributed by atoms with Crippen molar-refractivity contribution < 1.29 is 9.53 Å².